The summed E-state index contributed by atoms with van der Waals surface area (Å²) in [7, 11) is 1.66. The zero-order valence-electron chi connectivity index (χ0n) is 14.8. The maximum absolute atomic E-state index is 13.0. The molecule has 7 heteroatoms. The Morgan fingerprint density at radius 3 is 2.37 bits per heavy atom. The van der Waals surface area contributed by atoms with Crippen LogP contribution >= 0.6 is 11.8 Å². The summed E-state index contributed by atoms with van der Waals surface area (Å²) in [6, 6.07) is 14.0. The van der Waals surface area contributed by atoms with Crippen LogP contribution in [0.1, 0.15) is 12.5 Å². The highest BCUT2D eigenvalue weighted by molar-refractivity contribution is 8.19. The van der Waals surface area contributed by atoms with Gasteiger partial charge < -0.3 is 9.64 Å². The van der Waals surface area contributed by atoms with Gasteiger partial charge in [-0.3, -0.25) is 14.4 Å². The number of benzene rings is 2. The van der Waals surface area contributed by atoms with Crippen molar-refractivity contribution < 1.29 is 19.1 Å². The van der Waals surface area contributed by atoms with E-state index >= 15 is 0 Å². The number of likely N-dealkylation sites (N-methyl/N-ethyl adjacent to an activating group) is 1. The Morgan fingerprint density at radius 1 is 0.963 bits per heavy atom. The van der Waals surface area contributed by atoms with Crippen molar-refractivity contribution in [2.45, 2.75) is 6.92 Å². The topological polar surface area (TPSA) is 66.9 Å². The highest BCUT2D eigenvalue weighted by Crippen LogP contribution is 2.44. The van der Waals surface area contributed by atoms with Crippen molar-refractivity contribution in [1.29, 1.82) is 0 Å². The van der Waals surface area contributed by atoms with Crippen molar-refractivity contribution in [1.82, 2.24) is 0 Å². The normalized spacial score (nSPS) is 19.1. The quantitative estimate of drug-likeness (QED) is 0.760. The van der Waals surface area contributed by atoms with Crippen molar-refractivity contribution >= 4 is 45.8 Å². The largest absolute Gasteiger partial charge is 0.494 e. The lowest BCUT2D eigenvalue weighted by atomic mass is 10.1. The molecular weight excluding hydrogens is 364 g/mol. The summed E-state index contributed by atoms with van der Waals surface area (Å²) in [5.74, 6) is -0.107. The van der Waals surface area contributed by atoms with Gasteiger partial charge in [-0.25, -0.2) is 4.90 Å². The van der Waals surface area contributed by atoms with Gasteiger partial charge in [-0.15, -0.1) is 0 Å². The summed E-state index contributed by atoms with van der Waals surface area (Å²) in [6.07, 6.45) is 0. The maximum Gasteiger partial charge on any atom is 0.298 e. The number of para-hydroxylation sites is 1. The van der Waals surface area contributed by atoms with Crippen LogP contribution < -0.4 is 14.5 Å². The number of amides is 3. The fourth-order valence-corrected chi connectivity index (χ4v) is 4.12. The summed E-state index contributed by atoms with van der Waals surface area (Å²) < 4.78 is 5.39. The number of fused-ring (bicyclic) bond motifs is 1. The van der Waals surface area contributed by atoms with Crippen LogP contribution in [-0.4, -0.2) is 30.7 Å². The number of imide groups is 1. The van der Waals surface area contributed by atoms with E-state index in [0.717, 1.165) is 22.3 Å². The number of hydrogen-bond acceptors (Lipinski definition) is 5. The average molecular weight is 380 g/mol. The molecule has 0 aromatic heterocycles. The third-order valence-corrected chi connectivity index (χ3v) is 5.40. The molecule has 2 aromatic carbocycles. The molecule has 0 unspecified atom stereocenters. The highest BCUT2D eigenvalue weighted by atomic mass is 32.2. The minimum Gasteiger partial charge on any atom is -0.494 e. The van der Waals surface area contributed by atoms with Crippen LogP contribution in [0.3, 0.4) is 0 Å². The van der Waals surface area contributed by atoms with Crippen molar-refractivity contribution in [3.8, 4) is 5.75 Å². The van der Waals surface area contributed by atoms with Gasteiger partial charge in [0, 0.05) is 12.6 Å². The second kappa shape index (κ2) is 6.59. The molecule has 0 aliphatic carbocycles. The standard InChI is InChI=1S/C20H16N2O4S/c1-3-26-13-10-8-12(9-11-13)22-19(24)17(27-20(22)25)16-14-6-4-5-7-15(14)21(2)18(16)23/h4-11H,3H2,1-2H3/b17-16-. The Labute approximate surface area is 160 Å². The van der Waals surface area contributed by atoms with Gasteiger partial charge >= 0.3 is 0 Å². The number of thioether (sulfide) groups is 1. The molecule has 0 radical (unpaired) electrons. The van der Waals surface area contributed by atoms with Crippen molar-refractivity contribution in [3.63, 3.8) is 0 Å². The van der Waals surface area contributed by atoms with E-state index in [4.69, 9.17) is 4.74 Å². The minimum atomic E-state index is -0.484. The van der Waals surface area contributed by atoms with Crippen molar-refractivity contribution in [3.05, 3.63) is 59.0 Å². The Balaban J connectivity index is 1.75. The van der Waals surface area contributed by atoms with E-state index < -0.39 is 11.1 Å². The van der Waals surface area contributed by atoms with Crippen LogP contribution in [0.15, 0.2) is 53.4 Å². The molecule has 27 heavy (non-hydrogen) atoms. The van der Waals surface area contributed by atoms with Gasteiger partial charge in [-0.05, 0) is 49.0 Å². The Kier molecular flexibility index (Phi) is 4.24. The second-order valence-corrected chi connectivity index (χ2v) is 6.98. The molecule has 0 bridgehead atoms. The smallest absolute Gasteiger partial charge is 0.298 e. The number of anilines is 2. The van der Waals surface area contributed by atoms with Crippen LogP contribution in [0.25, 0.3) is 5.57 Å². The summed E-state index contributed by atoms with van der Waals surface area (Å²) in [5, 5.41) is -0.425. The second-order valence-electron chi connectivity index (χ2n) is 6.02. The molecular formula is C20H16N2O4S. The van der Waals surface area contributed by atoms with Gasteiger partial charge in [0.05, 0.1) is 28.5 Å². The summed E-state index contributed by atoms with van der Waals surface area (Å²) in [6.45, 7) is 2.41. The monoisotopic (exact) mass is 380 g/mol. The first-order valence-corrected chi connectivity index (χ1v) is 9.25. The van der Waals surface area contributed by atoms with Crippen LogP contribution in [0, 0.1) is 0 Å². The van der Waals surface area contributed by atoms with Gasteiger partial charge in [0.25, 0.3) is 17.1 Å². The summed E-state index contributed by atoms with van der Waals surface area (Å²) in [5.41, 5.74) is 2.13. The lowest BCUT2D eigenvalue weighted by Gasteiger charge is -2.13. The molecule has 0 saturated carbocycles. The third-order valence-electron chi connectivity index (χ3n) is 4.46. The van der Waals surface area contributed by atoms with E-state index in [-0.39, 0.29) is 16.4 Å². The molecule has 2 heterocycles. The minimum absolute atomic E-state index is 0.163. The Bertz CT molecular complexity index is 997. The average Bonchev–Trinajstić information content (AvgIpc) is 3.10. The number of rotatable bonds is 3. The molecule has 136 valence electrons. The van der Waals surface area contributed by atoms with Gasteiger partial charge in [-0.2, -0.15) is 0 Å². The summed E-state index contributed by atoms with van der Waals surface area (Å²) in [4.78, 5) is 41.0. The van der Waals surface area contributed by atoms with Crippen LogP contribution in [0.5, 0.6) is 5.75 Å². The molecule has 0 atom stereocenters. The number of carbonyl (C=O) groups is 3. The van der Waals surface area contributed by atoms with Gasteiger partial charge in [0.1, 0.15) is 5.75 Å². The van der Waals surface area contributed by atoms with Crippen molar-refractivity contribution in [2.75, 3.05) is 23.5 Å². The van der Waals surface area contributed by atoms with E-state index in [1.807, 2.05) is 25.1 Å². The van der Waals surface area contributed by atoms with Gasteiger partial charge in [0.15, 0.2) is 0 Å². The fraction of sp³-hybridized carbons (Fsp3) is 0.150. The molecule has 2 aliphatic heterocycles. The maximum atomic E-state index is 13.0. The van der Waals surface area contributed by atoms with E-state index in [9.17, 15) is 14.4 Å². The Morgan fingerprint density at radius 2 is 1.67 bits per heavy atom. The lowest BCUT2D eigenvalue weighted by Crippen LogP contribution is -2.28. The molecule has 1 saturated heterocycles. The van der Waals surface area contributed by atoms with Gasteiger partial charge in [0.2, 0.25) is 0 Å². The SMILES string of the molecule is CCOc1ccc(N2C(=O)S/C(=C3\C(=O)N(C)c4ccccc43)C2=O)cc1. The van der Waals surface area contributed by atoms with E-state index in [2.05, 4.69) is 0 Å². The number of carbonyl (C=O) groups excluding carboxylic acids is 3. The molecule has 0 N–H and O–H groups in total. The van der Waals surface area contributed by atoms with Crippen LogP contribution in [0.2, 0.25) is 0 Å². The molecule has 4 rings (SSSR count). The first-order valence-electron chi connectivity index (χ1n) is 8.43. The first kappa shape index (κ1) is 17.4. The molecule has 0 spiro atoms. The third kappa shape index (κ3) is 2.71. The van der Waals surface area contributed by atoms with Crippen molar-refractivity contribution in [2.24, 2.45) is 0 Å². The molecule has 2 aromatic rings. The number of hydrogen-bond donors (Lipinski definition) is 0. The zero-order valence-corrected chi connectivity index (χ0v) is 15.6. The lowest BCUT2D eigenvalue weighted by molar-refractivity contribution is -0.115. The molecule has 2 aliphatic rings. The zero-order chi connectivity index (χ0) is 19.1. The predicted molar refractivity (Wildman–Crippen MR) is 105 cm³/mol. The highest BCUT2D eigenvalue weighted by Gasteiger charge is 2.43. The number of nitrogens with zero attached hydrogens (tertiary/aromatic N) is 2. The first-order chi connectivity index (χ1) is 13.0. The predicted octanol–water partition coefficient (Wildman–Crippen LogP) is 3.67. The van der Waals surface area contributed by atoms with E-state index in [0.29, 0.717) is 23.6 Å². The fourth-order valence-electron chi connectivity index (χ4n) is 3.19. The molecule has 6 nitrogen and oxygen atoms in total. The van der Waals surface area contributed by atoms with Gasteiger partial charge in [-0.1, -0.05) is 18.2 Å². The van der Waals surface area contributed by atoms with E-state index in [1.54, 1.807) is 37.4 Å². The van der Waals surface area contributed by atoms with Crippen LogP contribution in [0.4, 0.5) is 16.2 Å². The Hall–Kier alpha value is -3.06. The summed E-state index contributed by atoms with van der Waals surface area (Å²) >= 11 is 0.796. The van der Waals surface area contributed by atoms with E-state index in [1.165, 1.54) is 4.90 Å². The van der Waals surface area contributed by atoms with Crippen LogP contribution in [-0.2, 0) is 9.59 Å². The molecule has 3 amide bonds. The number of ether oxygens (including phenoxy) is 1. The molecule has 1 fully saturated rings.